The van der Waals surface area contributed by atoms with Gasteiger partial charge in [-0.3, -0.25) is 9.79 Å². The second-order valence-electron chi connectivity index (χ2n) is 7.47. The van der Waals surface area contributed by atoms with Crippen LogP contribution in [0, 0.1) is 11.6 Å². The Morgan fingerprint density at radius 1 is 1.17 bits per heavy atom. The van der Waals surface area contributed by atoms with Gasteiger partial charge in [0.25, 0.3) is 5.91 Å². The van der Waals surface area contributed by atoms with Gasteiger partial charge in [0.05, 0.1) is 17.1 Å². The third-order valence-corrected chi connectivity index (χ3v) is 7.75. The number of halogens is 2. The van der Waals surface area contributed by atoms with E-state index < -0.39 is 23.2 Å². The second-order valence-corrected chi connectivity index (χ2v) is 9.53. The van der Waals surface area contributed by atoms with Crippen LogP contribution in [0.1, 0.15) is 39.6 Å². The maximum Gasteiger partial charge on any atom is 0.284 e. The van der Waals surface area contributed by atoms with Gasteiger partial charge in [-0.1, -0.05) is 23.4 Å². The number of nitrogens with one attached hydrogen (secondary N) is 1. The van der Waals surface area contributed by atoms with E-state index in [4.69, 9.17) is 0 Å². The number of carbonyl (C=O) groups is 1. The molecule has 156 valence electrons. The highest BCUT2D eigenvalue weighted by Crippen LogP contribution is 2.39. The summed E-state index contributed by atoms with van der Waals surface area (Å²) in [5.41, 5.74) is 3.15. The van der Waals surface area contributed by atoms with Gasteiger partial charge in [-0.15, -0.1) is 11.3 Å². The number of anilines is 1. The summed E-state index contributed by atoms with van der Waals surface area (Å²) in [6.07, 6.45) is 3.84. The molecule has 9 heteroatoms. The molecule has 1 amide bonds. The molecule has 1 aromatic heterocycles. The maximum absolute atomic E-state index is 13.9. The summed E-state index contributed by atoms with van der Waals surface area (Å²) in [6.45, 7) is 2.61. The van der Waals surface area contributed by atoms with Crippen LogP contribution >= 0.6 is 23.1 Å². The fraction of sp³-hybridized carbons (Fsp3) is 0.381. The van der Waals surface area contributed by atoms with E-state index in [0.29, 0.717) is 0 Å². The van der Waals surface area contributed by atoms with Crippen molar-refractivity contribution in [3.63, 3.8) is 0 Å². The summed E-state index contributed by atoms with van der Waals surface area (Å²) in [5, 5.41) is 3.69. The minimum atomic E-state index is -0.802. The van der Waals surface area contributed by atoms with Gasteiger partial charge < -0.3 is 10.2 Å². The van der Waals surface area contributed by atoms with Crippen LogP contribution in [0.4, 0.5) is 14.5 Å². The number of hydrogen-bond acceptors (Lipinski definition) is 6. The molecule has 0 bridgehead atoms. The number of carbonyl (C=O) groups excluding carboxylic acids is 1. The second kappa shape index (κ2) is 8.11. The normalized spacial score (nSPS) is 18.6. The first-order valence-electron chi connectivity index (χ1n) is 9.98. The number of thiazole rings is 1. The molecule has 0 saturated heterocycles. The van der Waals surface area contributed by atoms with Gasteiger partial charge in [0, 0.05) is 18.8 Å². The van der Waals surface area contributed by atoms with Crippen molar-refractivity contribution in [2.24, 2.45) is 4.99 Å². The van der Waals surface area contributed by atoms with Crippen molar-refractivity contribution in [3.05, 3.63) is 51.0 Å². The zero-order valence-corrected chi connectivity index (χ0v) is 17.8. The van der Waals surface area contributed by atoms with Gasteiger partial charge >= 0.3 is 0 Å². The summed E-state index contributed by atoms with van der Waals surface area (Å²) in [6, 6.07) is 3.50. The monoisotopic (exact) mass is 446 g/mol. The standard InChI is InChI=1S/C21H20F2N4OS2/c22-14-4-2-5-15(23)17(14)26-19(28)20-25-16-6-1-3-12-7-9-27(21-24-8-10-29-21)11-13(12)18(16)30-20/h2,4-5H,1,3,6-11H2,(H,26,28). The van der Waals surface area contributed by atoms with Crippen molar-refractivity contribution in [3.8, 4) is 0 Å². The molecule has 5 rings (SSSR count). The number of hydrogen-bond donors (Lipinski definition) is 1. The van der Waals surface area contributed by atoms with E-state index >= 15 is 0 Å². The highest BCUT2D eigenvalue weighted by molar-refractivity contribution is 8.14. The Balaban J connectivity index is 1.43. The number of para-hydroxylation sites is 1. The van der Waals surface area contributed by atoms with Crippen molar-refractivity contribution in [2.75, 3.05) is 30.7 Å². The Labute approximate surface area is 181 Å². The topological polar surface area (TPSA) is 57.6 Å². The molecule has 0 unspecified atom stereocenters. The molecule has 0 atom stereocenters. The number of rotatable bonds is 2. The predicted molar refractivity (Wildman–Crippen MR) is 117 cm³/mol. The third kappa shape index (κ3) is 3.65. The van der Waals surface area contributed by atoms with Crippen LogP contribution in [0.15, 0.2) is 28.8 Å². The Morgan fingerprint density at radius 3 is 2.77 bits per heavy atom. The lowest BCUT2D eigenvalue weighted by molar-refractivity contribution is 0.102. The molecule has 0 saturated carbocycles. The Hall–Kier alpha value is -2.26. The van der Waals surface area contributed by atoms with E-state index in [1.807, 2.05) is 0 Å². The lowest BCUT2D eigenvalue weighted by atomic mass is 9.97. The van der Waals surface area contributed by atoms with E-state index in [-0.39, 0.29) is 5.01 Å². The molecular weight excluding hydrogens is 426 g/mol. The summed E-state index contributed by atoms with van der Waals surface area (Å²) in [7, 11) is 0. The molecule has 1 aliphatic carbocycles. The van der Waals surface area contributed by atoms with E-state index in [2.05, 4.69) is 20.2 Å². The Kier molecular flexibility index (Phi) is 5.32. The maximum atomic E-state index is 13.9. The lowest BCUT2D eigenvalue weighted by Gasteiger charge is -2.31. The largest absolute Gasteiger partial charge is 0.347 e. The number of fused-ring (bicyclic) bond motifs is 2. The van der Waals surface area contributed by atoms with Gasteiger partial charge in [0.1, 0.15) is 17.3 Å². The molecule has 0 radical (unpaired) electrons. The molecule has 3 heterocycles. The van der Waals surface area contributed by atoms with Crippen LogP contribution in [-0.4, -0.2) is 46.3 Å². The zero-order valence-electron chi connectivity index (χ0n) is 16.2. The van der Waals surface area contributed by atoms with E-state index in [0.717, 1.165) is 78.9 Å². The fourth-order valence-electron chi connectivity index (χ4n) is 4.10. The molecule has 0 spiro atoms. The highest BCUT2D eigenvalue weighted by Gasteiger charge is 2.30. The number of thioether (sulfide) groups is 1. The summed E-state index contributed by atoms with van der Waals surface area (Å²) < 4.78 is 27.8. The number of aromatic nitrogens is 1. The van der Waals surface area contributed by atoms with Crippen molar-refractivity contribution in [2.45, 2.75) is 25.7 Å². The fourth-order valence-corrected chi connectivity index (χ4v) is 6.07. The first-order chi connectivity index (χ1) is 14.6. The average Bonchev–Trinajstić information content (AvgIpc) is 3.39. The van der Waals surface area contributed by atoms with Crippen molar-refractivity contribution in [1.82, 2.24) is 9.88 Å². The summed E-state index contributed by atoms with van der Waals surface area (Å²) in [4.78, 5) is 25.2. The highest BCUT2D eigenvalue weighted by atomic mass is 32.2. The molecule has 2 aromatic rings. The van der Waals surface area contributed by atoms with Crippen molar-refractivity contribution < 1.29 is 13.6 Å². The minimum Gasteiger partial charge on any atom is -0.347 e. The first-order valence-corrected chi connectivity index (χ1v) is 11.8. The molecule has 2 aliphatic heterocycles. The predicted octanol–water partition coefficient (Wildman–Crippen LogP) is 4.57. The quantitative estimate of drug-likeness (QED) is 0.734. The van der Waals surface area contributed by atoms with Gasteiger partial charge in [-0.05, 0) is 43.4 Å². The molecule has 1 N–H and O–H groups in total. The summed E-state index contributed by atoms with van der Waals surface area (Å²) in [5.74, 6) is -1.16. The van der Waals surface area contributed by atoms with Crippen LogP contribution < -0.4 is 5.32 Å². The molecule has 30 heavy (non-hydrogen) atoms. The van der Waals surface area contributed by atoms with Gasteiger partial charge in [-0.2, -0.15) is 0 Å². The first kappa shape index (κ1) is 19.7. The number of aliphatic imine (C=N–C) groups is 1. The Bertz CT molecular complexity index is 1060. The van der Waals surface area contributed by atoms with E-state index in [1.165, 1.54) is 28.5 Å². The number of nitrogens with zero attached hydrogens (tertiary/aromatic N) is 3. The molecular formula is C21H20F2N4OS2. The van der Waals surface area contributed by atoms with Crippen molar-refractivity contribution >= 4 is 45.4 Å². The molecule has 3 aliphatic rings. The van der Waals surface area contributed by atoms with Gasteiger partial charge in [-0.25, -0.2) is 13.8 Å². The lowest BCUT2D eigenvalue weighted by Crippen LogP contribution is -2.34. The van der Waals surface area contributed by atoms with Crippen LogP contribution in [0.3, 0.4) is 0 Å². The SMILES string of the molecule is O=C(Nc1c(F)cccc1F)c1nc2c(s1)C1=C(CCC2)CCN(C2=NCCS2)C1. The minimum absolute atomic E-state index is 0.237. The van der Waals surface area contributed by atoms with Crippen LogP contribution in [-0.2, 0) is 6.42 Å². The molecule has 0 fully saturated rings. The number of aryl methyl sites for hydroxylation is 1. The third-order valence-electron chi connectivity index (χ3n) is 5.56. The van der Waals surface area contributed by atoms with Gasteiger partial charge in [0.15, 0.2) is 10.2 Å². The van der Waals surface area contributed by atoms with Crippen molar-refractivity contribution in [1.29, 1.82) is 0 Å². The summed E-state index contributed by atoms with van der Waals surface area (Å²) >= 11 is 3.11. The number of amides is 1. The van der Waals surface area contributed by atoms with E-state index in [1.54, 1.807) is 11.8 Å². The smallest absolute Gasteiger partial charge is 0.284 e. The van der Waals surface area contributed by atoms with Crippen LogP contribution in [0.2, 0.25) is 0 Å². The number of amidine groups is 1. The van der Waals surface area contributed by atoms with Gasteiger partial charge in [0.2, 0.25) is 0 Å². The van der Waals surface area contributed by atoms with E-state index in [9.17, 15) is 13.6 Å². The van der Waals surface area contributed by atoms with Crippen LogP contribution in [0.25, 0.3) is 5.57 Å². The zero-order chi connectivity index (χ0) is 20.7. The average molecular weight is 447 g/mol. The number of benzene rings is 1. The molecule has 5 nitrogen and oxygen atoms in total. The Morgan fingerprint density at radius 2 is 2.00 bits per heavy atom. The van der Waals surface area contributed by atoms with Crippen LogP contribution in [0.5, 0.6) is 0 Å². The molecule has 1 aromatic carbocycles.